The van der Waals surface area contributed by atoms with Gasteiger partial charge >= 0.3 is 0 Å². The Morgan fingerprint density at radius 1 is 1.25 bits per heavy atom. The van der Waals surface area contributed by atoms with Crippen molar-refractivity contribution in [3.8, 4) is 0 Å². The molecule has 3 nitrogen and oxygen atoms in total. The van der Waals surface area contributed by atoms with Gasteiger partial charge in [0.1, 0.15) is 0 Å². The van der Waals surface area contributed by atoms with Crippen molar-refractivity contribution in [3.63, 3.8) is 0 Å². The molecule has 0 radical (unpaired) electrons. The molecule has 0 aromatic carbocycles. The van der Waals surface area contributed by atoms with E-state index in [2.05, 4.69) is 11.9 Å². The molecule has 2 saturated carbocycles. The maximum absolute atomic E-state index is 6.07. The second kappa shape index (κ2) is 5.99. The smallest absolute Gasteiger partial charge is 0.0593 e. The SMILES string of the molecule is CN(CCOCC1CC1)CCC(N)C1CC1. The summed E-state index contributed by atoms with van der Waals surface area (Å²) in [6, 6.07) is 0.440. The van der Waals surface area contributed by atoms with Crippen LogP contribution in [0.5, 0.6) is 0 Å². The Labute approximate surface area is 99.3 Å². The predicted molar refractivity (Wildman–Crippen MR) is 66.4 cm³/mol. The van der Waals surface area contributed by atoms with Crippen LogP contribution < -0.4 is 5.73 Å². The molecule has 2 rings (SSSR count). The third kappa shape index (κ3) is 4.81. The van der Waals surface area contributed by atoms with Crippen LogP contribution in [0.4, 0.5) is 0 Å². The van der Waals surface area contributed by atoms with Crippen LogP contribution in [0.3, 0.4) is 0 Å². The van der Waals surface area contributed by atoms with E-state index >= 15 is 0 Å². The maximum atomic E-state index is 6.07. The van der Waals surface area contributed by atoms with Gasteiger partial charge in [-0.25, -0.2) is 0 Å². The van der Waals surface area contributed by atoms with Gasteiger partial charge in [0.2, 0.25) is 0 Å². The molecule has 2 aliphatic rings. The van der Waals surface area contributed by atoms with E-state index in [1.165, 1.54) is 25.7 Å². The number of likely N-dealkylation sites (N-methyl/N-ethyl adjacent to an activating group) is 1. The Hall–Kier alpha value is -0.120. The van der Waals surface area contributed by atoms with Crippen LogP contribution in [0, 0.1) is 11.8 Å². The summed E-state index contributed by atoms with van der Waals surface area (Å²) >= 11 is 0. The summed E-state index contributed by atoms with van der Waals surface area (Å²) in [7, 11) is 2.17. The number of hydrogen-bond acceptors (Lipinski definition) is 3. The molecule has 2 N–H and O–H groups in total. The van der Waals surface area contributed by atoms with Crippen molar-refractivity contribution < 1.29 is 4.74 Å². The van der Waals surface area contributed by atoms with Crippen molar-refractivity contribution >= 4 is 0 Å². The second-order valence-electron chi connectivity index (χ2n) is 5.61. The summed E-state index contributed by atoms with van der Waals surface area (Å²) in [5.41, 5.74) is 6.07. The molecular weight excluding hydrogens is 200 g/mol. The molecule has 3 heteroatoms. The van der Waals surface area contributed by atoms with Crippen LogP contribution >= 0.6 is 0 Å². The van der Waals surface area contributed by atoms with Crippen LogP contribution in [0.2, 0.25) is 0 Å². The molecule has 1 unspecified atom stereocenters. The van der Waals surface area contributed by atoms with E-state index in [4.69, 9.17) is 10.5 Å². The van der Waals surface area contributed by atoms with Crippen molar-refractivity contribution in [1.82, 2.24) is 4.90 Å². The largest absolute Gasteiger partial charge is 0.380 e. The van der Waals surface area contributed by atoms with Gasteiger partial charge in [0.05, 0.1) is 6.61 Å². The standard InChI is InChI=1S/C13H26N2O/c1-15(7-6-13(14)12-4-5-12)8-9-16-10-11-2-3-11/h11-13H,2-10,14H2,1H3. The third-order valence-electron chi connectivity index (χ3n) is 3.74. The average Bonchev–Trinajstić information content (AvgIpc) is 3.14. The molecule has 1 atom stereocenters. The number of nitrogens with two attached hydrogens (primary N) is 1. The Morgan fingerprint density at radius 3 is 2.62 bits per heavy atom. The van der Waals surface area contributed by atoms with E-state index in [1.54, 1.807) is 0 Å². The molecule has 0 amide bonds. The summed E-state index contributed by atoms with van der Waals surface area (Å²) in [5, 5.41) is 0. The first-order valence-electron chi connectivity index (χ1n) is 6.77. The first kappa shape index (κ1) is 12.3. The molecule has 0 saturated heterocycles. The minimum atomic E-state index is 0.440. The number of ether oxygens (including phenoxy) is 1. The fraction of sp³-hybridized carbons (Fsp3) is 1.00. The highest BCUT2D eigenvalue weighted by molar-refractivity contribution is 4.84. The monoisotopic (exact) mass is 226 g/mol. The third-order valence-corrected chi connectivity index (χ3v) is 3.74. The van der Waals surface area contributed by atoms with Crippen LogP contribution in [0.25, 0.3) is 0 Å². The first-order valence-corrected chi connectivity index (χ1v) is 6.77. The van der Waals surface area contributed by atoms with Crippen molar-refractivity contribution in [2.75, 3.05) is 33.4 Å². The van der Waals surface area contributed by atoms with Crippen LogP contribution in [-0.2, 0) is 4.74 Å². The first-order chi connectivity index (χ1) is 7.75. The topological polar surface area (TPSA) is 38.5 Å². The van der Waals surface area contributed by atoms with Crippen molar-refractivity contribution in [1.29, 1.82) is 0 Å². The molecular formula is C13H26N2O. The normalized spacial score (nSPS) is 22.7. The van der Waals surface area contributed by atoms with Crippen LogP contribution in [0.1, 0.15) is 32.1 Å². The van der Waals surface area contributed by atoms with Gasteiger partial charge < -0.3 is 15.4 Å². The van der Waals surface area contributed by atoms with E-state index in [0.29, 0.717) is 6.04 Å². The molecule has 0 heterocycles. The van der Waals surface area contributed by atoms with Gasteiger partial charge in [-0.3, -0.25) is 0 Å². The molecule has 0 aliphatic heterocycles. The van der Waals surface area contributed by atoms with Gasteiger partial charge in [-0.15, -0.1) is 0 Å². The lowest BCUT2D eigenvalue weighted by molar-refractivity contribution is 0.102. The zero-order chi connectivity index (χ0) is 11.4. The second-order valence-corrected chi connectivity index (χ2v) is 5.61. The van der Waals surface area contributed by atoms with Crippen molar-refractivity contribution in [2.24, 2.45) is 17.6 Å². The van der Waals surface area contributed by atoms with Crippen molar-refractivity contribution in [3.05, 3.63) is 0 Å². The highest BCUT2D eigenvalue weighted by atomic mass is 16.5. The number of rotatable bonds is 9. The zero-order valence-corrected chi connectivity index (χ0v) is 10.5. The summed E-state index contributed by atoms with van der Waals surface area (Å²) in [6.45, 7) is 4.02. The molecule has 0 bridgehead atoms. The number of hydrogen-bond donors (Lipinski definition) is 1. The van der Waals surface area contributed by atoms with E-state index in [0.717, 1.165) is 44.6 Å². The fourth-order valence-corrected chi connectivity index (χ4v) is 2.00. The molecule has 94 valence electrons. The highest BCUT2D eigenvalue weighted by Crippen LogP contribution is 2.32. The van der Waals surface area contributed by atoms with Gasteiger partial charge in [0.15, 0.2) is 0 Å². The Morgan fingerprint density at radius 2 is 2.00 bits per heavy atom. The molecule has 2 fully saturated rings. The number of nitrogens with zero attached hydrogens (tertiary/aromatic N) is 1. The van der Waals surface area contributed by atoms with Crippen LogP contribution in [0.15, 0.2) is 0 Å². The summed E-state index contributed by atoms with van der Waals surface area (Å²) in [5.74, 6) is 1.72. The minimum Gasteiger partial charge on any atom is -0.380 e. The molecule has 0 aromatic rings. The summed E-state index contributed by atoms with van der Waals surface area (Å²) in [4.78, 5) is 2.34. The lowest BCUT2D eigenvalue weighted by Gasteiger charge is -2.19. The lowest BCUT2D eigenvalue weighted by Crippen LogP contribution is -2.31. The van der Waals surface area contributed by atoms with Gasteiger partial charge in [-0.05, 0) is 57.5 Å². The van der Waals surface area contributed by atoms with Gasteiger partial charge in [-0.2, -0.15) is 0 Å². The van der Waals surface area contributed by atoms with Gasteiger partial charge in [0, 0.05) is 19.2 Å². The van der Waals surface area contributed by atoms with E-state index in [9.17, 15) is 0 Å². The maximum Gasteiger partial charge on any atom is 0.0593 e. The highest BCUT2D eigenvalue weighted by Gasteiger charge is 2.28. The molecule has 0 spiro atoms. The van der Waals surface area contributed by atoms with Gasteiger partial charge in [0.25, 0.3) is 0 Å². The quantitative estimate of drug-likeness (QED) is 0.605. The van der Waals surface area contributed by atoms with Crippen molar-refractivity contribution in [2.45, 2.75) is 38.1 Å². The Balaban J connectivity index is 1.41. The Bertz CT molecular complexity index is 202. The summed E-state index contributed by atoms with van der Waals surface area (Å²) in [6.07, 6.45) is 6.62. The zero-order valence-electron chi connectivity index (χ0n) is 10.5. The molecule has 2 aliphatic carbocycles. The minimum absolute atomic E-state index is 0.440. The van der Waals surface area contributed by atoms with E-state index in [1.807, 2.05) is 0 Å². The van der Waals surface area contributed by atoms with Gasteiger partial charge in [-0.1, -0.05) is 0 Å². The summed E-state index contributed by atoms with van der Waals surface area (Å²) < 4.78 is 5.62. The Kier molecular flexibility index (Phi) is 4.62. The lowest BCUT2D eigenvalue weighted by atomic mass is 10.1. The average molecular weight is 226 g/mol. The fourth-order valence-electron chi connectivity index (χ4n) is 2.00. The molecule has 0 aromatic heterocycles. The van der Waals surface area contributed by atoms with Crippen LogP contribution in [-0.4, -0.2) is 44.3 Å². The predicted octanol–water partition coefficient (Wildman–Crippen LogP) is 1.47. The van der Waals surface area contributed by atoms with E-state index < -0.39 is 0 Å². The van der Waals surface area contributed by atoms with E-state index in [-0.39, 0.29) is 0 Å². The molecule has 16 heavy (non-hydrogen) atoms.